The molecular weight excluding hydrogens is 268 g/mol. The van der Waals surface area contributed by atoms with Crippen molar-refractivity contribution in [2.75, 3.05) is 31.1 Å². The second-order valence-corrected chi connectivity index (χ2v) is 7.93. The molecule has 0 radical (unpaired) electrons. The van der Waals surface area contributed by atoms with E-state index in [1.807, 2.05) is 0 Å². The number of hydrogen-bond donors (Lipinski definition) is 0. The zero-order valence-electron chi connectivity index (χ0n) is 14.8. The highest BCUT2D eigenvalue weighted by Gasteiger charge is 2.34. The maximum absolute atomic E-state index is 2.74. The molecule has 2 aliphatic rings. The third kappa shape index (κ3) is 3.32. The van der Waals surface area contributed by atoms with E-state index >= 15 is 0 Å². The van der Waals surface area contributed by atoms with Crippen LogP contribution in [-0.4, -0.2) is 37.1 Å². The minimum Gasteiger partial charge on any atom is -0.368 e. The standard InChI is InChI=1S/C20H32N2/c1-15(2)17-8-10-21(11-9-17)20-13-22(14-20)19-7-5-6-18(12-19)16(3)4/h5-7,12,15-17,20H,8-11,13-14H2,1-4H3. The largest absolute Gasteiger partial charge is 0.368 e. The van der Waals surface area contributed by atoms with E-state index in [0.29, 0.717) is 5.92 Å². The van der Waals surface area contributed by atoms with Gasteiger partial charge >= 0.3 is 0 Å². The van der Waals surface area contributed by atoms with Gasteiger partial charge in [-0.05, 0) is 61.4 Å². The maximum atomic E-state index is 2.74. The van der Waals surface area contributed by atoms with E-state index in [0.717, 1.165) is 17.9 Å². The molecule has 2 heteroatoms. The smallest absolute Gasteiger partial charge is 0.0446 e. The van der Waals surface area contributed by atoms with Crippen LogP contribution in [0.3, 0.4) is 0 Å². The van der Waals surface area contributed by atoms with Gasteiger partial charge in [-0.3, -0.25) is 4.90 Å². The molecule has 0 saturated carbocycles. The Morgan fingerprint density at radius 3 is 2.27 bits per heavy atom. The lowest BCUT2D eigenvalue weighted by atomic mass is 9.85. The molecule has 1 aromatic rings. The number of rotatable bonds is 4. The molecular formula is C20H32N2. The van der Waals surface area contributed by atoms with Gasteiger partial charge in [0.2, 0.25) is 0 Å². The van der Waals surface area contributed by atoms with Gasteiger partial charge in [0.05, 0.1) is 0 Å². The fourth-order valence-corrected chi connectivity index (χ4v) is 3.93. The topological polar surface area (TPSA) is 6.48 Å². The quantitative estimate of drug-likeness (QED) is 0.815. The Kier molecular flexibility index (Phi) is 4.77. The van der Waals surface area contributed by atoms with E-state index in [1.54, 1.807) is 0 Å². The Labute approximate surface area is 136 Å². The number of piperidine rings is 1. The average molecular weight is 300 g/mol. The molecule has 0 atom stereocenters. The highest BCUT2D eigenvalue weighted by atomic mass is 15.3. The van der Waals surface area contributed by atoms with Crippen LogP contribution >= 0.6 is 0 Å². The van der Waals surface area contributed by atoms with E-state index in [4.69, 9.17) is 0 Å². The molecule has 2 heterocycles. The first-order valence-electron chi connectivity index (χ1n) is 9.13. The third-order valence-corrected chi connectivity index (χ3v) is 5.80. The van der Waals surface area contributed by atoms with Gasteiger partial charge in [-0.15, -0.1) is 0 Å². The van der Waals surface area contributed by atoms with Crippen LogP contribution in [-0.2, 0) is 0 Å². The molecule has 2 nitrogen and oxygen atoms in total. The van der Waals surface area contributed by atoms with Gasteiger partial charge in [0.15, 0.2) is 0 Å². The van der Waals surface area contributed by atoms with Crippen LogP contribution in [0, 0.1) is 11.8 Å². The fourth-order valence-electron chi connectivity index (χ4n) is 3.93. The van der Waals surface area contributed by atoms with E-state index in [1.165, 1.54) is 50.3 Å². The lowest BCUT2D eigenvalue weighted by molar-refractivity contribution is 0.0987. The minimum atomic E-state index is 0.618. The molecule has 2 aliphatic heterocycles. The van der Waals surface area contributed by atoms with Crippen LogP contribution in [0.25, 0.3) is 0 Å². The van der Waals surface area contributed by atoms with Crippen molar-refractivity contribution in [3.05, 3.63) is 29.8 Å². The molecule has 0 unspecified atom stereocenters. The Morgan fingerprint density at radius 1 is 1.00 bits per heavy atom. The van der Waals surface area contributed by atoms with Crippen LogP contribution in [0.15, 0.2) is 24.3 Å². The van der Waals surface area contributed by atoms with Crippen molar-refractivity contribution in [1.29, 1.82) is 0 Å². The lowest BCUT2D eigenvalue weighted by Crippen LogP contribution is -2.61. The molecule has 0 amide bonds. The maximum Gasteiger partial charge on any atom is 0.0446 e. The van der Waals surface area contributed by atoms with E-state index < -0.39 is 0 Å². The number of anilines is 1. The predicted molar refractivity (Wildman–Crippen MR) is 95.7 cm³/mol. The molecule has 0 aromatic heterocycles. The summed E-state index contributed by atoms with van der Waals surface area (Å²) in [4.78, 5) is 5.28. The summed E-state index contributed by atoms with van der Waals surface area (Å²) in [7, 11) is 0. The van der Waals surface area contributed by atoms with Gasteiger partial charge in [-0.1, -0.05) is 39.8 Å². The first kappa shape index (κ1) is 15.9. The summed E-state index contributed by atoms with van der Waals surface area (Å²) >= 11 is 0. The van der Waals surface area contributed by atoms with Gasteiger partial charge in [-0.2, -0.15) is 0 Å². The molecule has 3 rings (SSSR count). The summed E-state index contributed by atoms with van der Waals surface area (Å²) < 4.78 is 0. The summed E-state index contributed by atoms with van der Waals surface area (Å²) in [5.41, 5.74) is 2.87. The third-order valence-electron chi connectivity index (χ3n) is 5.80. The first-order valence-corrected chi connectivity index (χ1v) is 9.13. The monoisotopic (exact) mass is 300 g/mol. The Balaban J connectivity index is 1.51. The van der Waals surface area contributed by atoms with Crippen molar-refractivity contribution < 1.29 is 0 Å². The van der Waals surface area contributed by atoms with Crippen molar-refractivity contribution in [1.82, 2.24) is 4.90 Å². The van der Waals surface area contributed by atoms with Crippen molar-refractivity contribution in [3.8, 4) is 0 Å². The zero-order valence-corrected chi connectivity index (χ0v) is 14.8. The van der Waals surface area contributed by atoms with Gasteiger partial charge < -0.3 is 4.90 Å². The van der Waals surface area contributed by atoms with Crippen molar-refractivity contribution in [3.63, 3.8) is 0 Å². The summed E-state index contributed by atoms with van der Waals surface area (Å²) in [5, 5.41) is 0. The van der Waals surface area contributed by atoms with E-state index in [-0.39, 0.29) is 0 Å². The molecule has 1 aromatic carbocycles. The van der Waals surface area contributed by atoms with Gasteiger partial charge in [0.25, 0.3) is 0 Å². The molecule has 0 N–H and O–H groups in total. The van der Waals surface area contributed by atoms with Gasteiger partial charge in [0, 0.05) is 24.8 Å². The van der Waals surface area contributed by atoms with Crippen LogP contribution < -0.4 is 4.90 Å². The molecule has 0 aliphatic carbocycles. The normalized spacial score (nSPS) is 21.6. The van der Waals surface area contributed by atoms with Crippen molar-refractivity contribution >= 4 is 5.69 Å². The molecule has 0 bridgehead atoms. The second-order valence-electron chi connectivity index (χ2n) is 7.93. The van der Waals surface area contributed by atoms with Crippen LogP contribution in [0.1, 0.15) is 52.0 Å². The molecule has 0 spiro atoms. The number of hydrogen-bond acceptors (Lipinski definition) is 2. The molecule has 2 fully saturated rings. The van der Waals surface area contributed by atoms with Crippen molar-refractivity contribution in [2.45, 2.75) is 52.5 Å². The van der Waals surface area contributed by atoms with Crippen LogP contribution in [0.4, 0.5) is 5.69 Å². The SMILES string of the molecule is CC(C)c1cccc(N2CC(N3CCC(C(C)C)CC3)C2)c1. The predicted octanol–water partition coefficient (Wildman–Crippen LogP) is 4.37. The Hall–Kier alpha value is -1.02. The van der Waals surface area contributed by atoms with E-state index in [2.05, 4.69) is 61.8 Å². The first-order chi connectivity index (χ1) is 10.5. The number of likely N-dealkylation sites (tertiary alicyclic amines) is 1. The minimum absolute atomic E-state index is 0.618. The molecule has 22 heavy (non-hydrogen) atoms. The summed E-state index contributed by atoms with van der Waals surface area (Å²) in [6, 6.07) is 9.91. The number of benzene rings is 1. The van der Waals surface area contributed by atoms with Crippen LogP contribution in [0.5, 0.6) is 0 Å². The summed E-state index contributed by atoms with van der Waals surface area (Å²) in [6.07, 6.45) is 2.80. The molecule has 2 saturated heterocycles. The zero-order chi connectivity index (χ0) is 15.7. The summed E-state index contributed by atoms with van der Waals surface area (Å²) in [5.74, 6) is 2.43. The number of nitrogens with zero attached hydrogens (tertiary/aromatic N) is 2. The second kappa shape index (κ2) is 6.62. The lowest BCUT2D eigenvalue weighted by Gasteiger charge is -2.49. The highest BCUT2D eigenvalue weighted by Crippen LogP contribution is 2.30. The summed E-state index contributed by atoms with van der Waals surface area (Å²) in [6.45, 7) is 14.4. The Morgan fingerprint density at radius 2 is 1.68 bits per heavy atom. The molecule has 122 valence electrons. The average Bonchev–Trinajstić information content (AvgIpc) is 2.46. The Bertz CT molecular complexity index is 480. The fraction of sp³-hybridized carbons (Fsp3) is 0.700. The van der Waals surface area contributed by atoms with Crippen LogP contribution in [0.2, 0.25) is 0 Å². The highest BCUT2D eigenvalue weighted by molar-refractivity contribution is 5.52. The van der Waals surface area contributed by atoms with Gasteiger partial charge in [-0.25, -0.2) is 0 Å². The van der Waals surface area contributed by atoms with Gasteiger partial charge in [0.1, 0.15) is 0 Å². The van der Waals surface area contributed by atoms with E-state index in [9.17, 15) is 0 Å². The van der Waals surface area contributed by atoms with Crippen molar-refractivity contribution in [2.24, 2.45) is 11.8 Å².